The van der Waals surface area contributed by atoms with Gasteiger partial charge in [-0.15, -0.1) is 12.4 Å². The van der Waals surface area contributed by atoms with Crippen LogP contribution in [-0.4, -0.2) is 31.7 Å². The Kier molecular flexibility index (Phi) is 6.97. The number of hydrogen-bond acceptors (Lipinski definition) is 3. The van der Waals surface area contributed by atoms with E-state index in [1.807, 2.05) is 0 Å². The van der Waals surface area contributed by atoms with Crippen molar-refractivity contribution >= 4 is 18.3 Å². The topological polar surface area (TPSA) is 64.3 Å². The van der Waals surface area contributed by atoms with Gasteiger partial charge in [-0.3, -0.25) is 4.79 Å². The van der Waals surface area contributed by atoms with Crippen LogP contribution in [-0.2, 0) is 9.53 Å². The van der Waals surface area contributed by atoms with E-state index in [0.29, 0.717) is 25.1 Å². The molecule has 1 amide bonds. The molecular weight excluding hydrogens is 252 g/mol. The first-order valence-electron chi connectivity index (χ1n) is 6.89. The minimum atomic E-state index is 0. The molecule has 1 aliphatic heterocycles. The maximum absolute atomic E-state index is 12.1. The summed E-state index contributed by atoms with van der Waals surface area (Å²) in [6.45, 7) is 2.08. The van der Waals surface area contributed by atoms with Crippen LogP contribution in [0.3, 0.4) is 0 Å². The van der Waals surface area contributed by atoms with Crippen molar-refractivity contribution in [2.45, 2.75) is 44.6 Å². The first-order valence-corrected chi connectivity index (χ1v) is 6.89. The second-order valence-electron chi connectivity index (χ2n) is 5.31. The third kappa shape index (κ3) is 4.11. The molecule has 0 aromatic heterocycles. The van der Waals surface area contributed by atoms with Gasteiger partial charge >= 0.3 is 0 Å². The fourth-order valence-corrected chi connectivity index (χ4v) is 2.93. The van der Waals surface area contributed by atoms with E-state index in [-0.39, 0.29) is 24.2 Å². The van der Waals surface area contributed by atoms with Crippen LogP contribution >= 0.6 is 12.4 Å². The fraction of sp³-hybridized carbons (Fsp3) is 0.923. The van der Waals surface area contributed by atoms with Crippen molar-refractivity contribution in [2.75, 3.05) is 19.8 Å². The van der Waals surface area contributed by atoms with Gasteiger partial charge in [-0.2, -0.15) is 0 Å². The molecule has 2 fully saturated rings. The van der Waals surface area contributed by atoms with Crippen molar-refractivity contribution in [3.05, 3.63) is 0 Å². The van der Waals surface area contributed by atoms with Crippen molar-refractivity contribution in [1.82, 2.24) is 5.32 Å². The summed E-state index contributed by atoms with van der Waals surface area (Å²) in [5.74, 6) is 0.705. The molecule has 0 bridgehead atoms. The quantitative estimate of drug-likeness (QED) is 0.820. The number of carbonyl (C=O) groups excluding carboxylic acids is 1. The normalized spacial score (nSPS) is 32.4. The number of nitrogens with one attached hydrogen (secondary N) is 1. The summed E-state index contributed by atoms with van der Waals surface area (Å²) in [5, 5.41) is 3.19. The van der Waals surface area contributed by atoms with E-state index in [1.165, 1.54) is 12.8 Å². The molecule has 2 rings (SSSR count). The van der Waals surface area contributed by atoms with Gasteiger partial charge in [-0.1, -0.05) is 12.8 Å². The largest absolute Gasteiger partial charge is 0.381 e. The number of amides is 1. The Bertz CT molecular complexity index is 257. The van der Waals surface area contributed by atoms with Crippen molar-refractivity contribution in [3.8, 4) is 0 Å². The van der Waals surface area contributed by atoms with Crippen LogP contribution in [0.25, 0.3) is 0 Å². The molecule has 1 saturated heterocycles. The molecule has 5 heteroatoms. The Hall–Kier alpha value is -0.320. The lowest BCUT2D eigenvalue weighted by Gasteiger charge is -2.33. The Balaban J connectivity index is 0.00000162. The van der Waals surface area contributed by atoms with E-state index >= 15 is 0 Å². The standard InChI is InChI=1S/C13H24N2O2.ClH/c14-8-10-4-1-2-6-12(10)15-13(16)11-5-3-7-17-9-11;/h10-12H,1-9,14H2,(H,15,16);1H. The average Bonchev–Trinajstić information content (AvgIpc) is 2.40. The predicted molar refractivity (Wildman–Crippen MR) is 73.7 cm³/mol. The molecule has 0 radical (unpaired) electrons. The summed E-state index contributed by atoms with van der Waals surface area (Å²) in [7, 11) is 0. The number of ether oxygens (including phenoxy) is 1. The van der Waals surface area contributed by atoms with Crippen LogP contribution in [0, 0.1) is 11.8 Å². The second kappa shape index (κ2) is 7.97. The SMILES string of the molecule is Cl.NCC1CCCCC1NC(=O)C1CCCOC1. The zero-order valence-electron chi connectivity index (χ0n) is 10.9. The highest BCUT2D eigenvalue weighted by Crippen LogP contribution is 2.24. The van der Waals surface area contributed by atoms with Gasteiger partial charge in [0.15, 0.2) is 0 Å². The Morgan fingerprint density at radius 3 is 2.67 bits per heavy atom. The van der Waals surface area contributed by atoms with Gasteiger partial charge in [0.1, 0.15) is 0 Å². The van der Waals surface area contributed by atoms with Gasteiger partial charge in [0, 0.05) is 12.6 Å². The molecular formula is C13H25ClN2O2. The van der Waals surface area contributed by atoms with Crippen LogP contribution in [0.4, 0.5) is 0 Å². The molecule has 3 unspecified atom stereocenters. The third-order valence-electron chi connectivity index (χ3n) is 4.07. The molecule has 3 N–H and O–H groups in total. The van der Waals surface area contributed by atoms with Gasteiger partial charge in [0.2, 0.25) is 5.91 Å². The monoisotopic (exact) mass is 276 g/mol. The van der Waals surface area contributed by atoms with Crippen LogP contribution in [0.2, 0.25) is 0 Å². The summed E-state index contributed by atoms with van der Waals surface area (Å²) in [4.78, 5) is 12.1. The first-order chi connectivity index (χ1) is 8.31. The third-order valence-corrected chi connectivity index (χ3v) is 4.07. The molecule has 2 aliphatic rings. The van der Waals surface area contributed by atoms with Gasteiger partial charge < -0.3 is 15.8 Å². The summed E-state index contributed by atoms with van der Waals surface area (Å²) in [5.41, 5.74) is 5.77. The van der Waals surface area contributed by atoms with Crippen molar-refractivity contribution in [3.63, 3.8) is 0 Å². The lowest BCUT2D eigenvalue weighted by molar-refractivity contribution is -0.130. The number of nitrogens with two attached hydrogens (primary N) is 1. The number of halogens is 1. The van der Waals surface area contributed by atoms with E-state index < -0.39 is 0 Å². The van der Waals surface area contributed by atoms with Gasteiger partial charge in [-0.25, -0.2) is 0 Å². The first kappa shape index (κ1) is 15.7. The zero-order chi connectivity index (χ0) is 12.1. The Morgan fingerprint density at radius 1 is 1.22 bits per heavy atom. The molecule has 1 aliphatic carbocycles. The second-order valence-corrected chi connectivity index (χ2v) is 5.31. The molecule has 0 spiro atoms. The minimum absolute atomic E-state index is 0. The highest BCUT2D eigenvalue weighted by Gasteiger charge is 2.28. The van der Waals surface area contributed by atoms with Gasteiger partial charge in [-0.05, 0) is 38.1 Å². The van der Waals surface area contributed by atoms with E-state index in [9.17, 15) is 4.79 Å². The van der Waals surface area contributed by atoms with E-state index in [1.54, 1.807) is 0 Å². The van der Waals surface area contributed by atoms with E-state index in [4.69, 9.17) is 10.5 Å². The summed E-state index contributed by atoms with van der Waals surface area (Å²) >= 11 is 0. The van der Waals surface area contributed by atoms with Gasteiger partial charge in [0.05, 0.1) is 12.5 Å². The molecule has 106 valence electrons. The Labute approximate surface area is 115 Å². The van der Waals surface area contributed by atoms with Crippen molar-refractivity contribution in [2.24, 2.45) is 17.6 Å². The van der Waals surface area contributed by atoms with Gasteiger partial charge in [0.25, 0.3) is 0 Å². The van der Waals surface area contributed by atoms with Crippen LogP contribution in [0.1, 0.15) is 38.5 Å². The highest BCUT2D eigenvalue weighted by atomic mass is 35.5. The molecule has 3 atom stereocenters. The van der Waals surface area contributed by atoms with Crippen molar-refractivity contribution in [1.29, 1.82) is 0 Å². The summed E-state index contributed by atoms with van der Waals surface area (Å²) in [6.07, 6.45) is 6.67. The molecule has 4 nitrogen and oxygen atoms in total. The molecule has 0 aromatic rings. The lowest BCUT2D eigenvalue weighted by atomic mass is 9.84. The van der Waals surface area contributed by atoms with Crippen LogP contribution in [0.15, 0.2) is 0 Å². The smallest absolute Gasteiger partial charge is 0.225 e. The maximum atomic E-state index is 12.1. The molecule has 1 heterocycles. The van der Waals surface area contributed by atoms with E-state index in [2.05, 4.69) is 5.32 Å². The highest BCUT2D eigenvalue weighted by molar-refractivity contribution is 5.85. The zero-order valence-corrected chi connectivity index (χ0v) is 11.7. The number of carbonyl (C=O) groups is 1. The van der Waals surface area contributed by atoms with Crippen molar-refractivity contribution < 1.29 is 9.53 Å². The fourth-order valence-electron chi connectivity index (χ4n) is 2.93. The van der Waals surface area contributed by atoms with E-state index in [0.717, 1.165) is 32.3 Å². The van der Waals surface area contributed by atoms with Crippen LogP contribution < -0.4 is 11.1 Å². The number of hydrogen-bond donors (Lipinski definition) is 2. The number of rotatable bonds is 3. The molecule has 18 heavy (non-hydrogen) atoms. The summed E-state index contributed by atoms with van der Waals surface area (Å²) < 4.78 is 5.36. The minimum Gasteiger partial charge on any atom is -0.381 e. The molecule has 1 saturated carbocycles. The average molecular weight is 277 g/mol. The lowest BCUT2D eigenvalue weighted by Crippen LogP contribution is -2.47. The Morgan fingerprint density at radius 2 is 2.00 bits per heavy atom. The maximum Gasteiger partial charge on any atom is 0.225 e. The predicted octanol–water partition coefficient (Wildman–Crippen LogP) is 1.47. The summed E-state index contributed by atoms with van der Waals surface area (Å²) in [6, 6.07) is 0.295. The molecule has 0 aromatic carbocycles. The van der Waals surface area contributed by atoms with Crippen LogP contribution in [0.5, 0.6) is 0 Å².